The Bertz CT molecular complexity index is 1540. The van der Waals surface area contributed by atoms with E-state index in [1.165, 1.54) is 23.1 Å². The minimum atomic E-state index is -1.53. The molecular formula is C31H35FN6O7. The van der Waals surface area contributed by atoms with Gasteiger partial charge in [-0.1, -0.05) is 0 Å². The molecule has 2 N–H and O–H groups in total. The Kier molecular flexibility index (Phi) is 6.02. The minimum Gasteiger partial charge on any atom is -0.472 e. The number of nitrogens with zero attached hydrogens (tertiary/aromatic N) is 4. The number of nitrogens with one attached hydrogen (secondary N) is 2. The van der Waals surface area contributed by atoms with Crippen LogP contribution in [-0.2, 0) is 23.9 Å². The largest absolute Gasteiger partial charge is 0.472 e. The third-order valence-electron chi connectivity index (χ3n) is 11.8. The van der Waals surface area contributed by atoms with Crippen molar-refractivity contribution in [3.8, 4) is 11.8 Å². The molecule has 13 nitrogen and oxygen atoms in total. The first-order valence-electron chi connectivity index (χ1n) is 15.6. The van der Waals surface area contributed by atoms with Gasteiger partial charge in [0, 0.05) is 24.6 Å². The van der Waals surface area contributed by atoms with Crippen molar-refractivity contribution in [2.75, 3.05) is 32.1 Å². The predicted molar refractivity (Wildman–Crippen MR) is 151 cm³/mol. The van der Waals surface area contributed by atoms with Crippen molar-refractivity contribution in [3.63, 3.8) is 0 Å². The third kappa shape index (κ3) is 3.95. The molecule has 9 unspecified atom stereocenters. The lowest BCUT2D eigenvalue weighted by Crippen LogP contribution is -2.64. The number of aromatic nitrogens is 1. The maximum absolute atomic E-state index is 15.3. The summed E-state index contributed by atoms with van der Waals surface area (Å²) in [5, 5.41) is 15.7. The second-order valence-corrected chi connectivity index (χ2v) is 14.3. The van der Waals surface area contributed by atoms with Crippen LogP contribution in [0.3, 0.4) is 0 Å². The zero-order valence-corrected chi connectivity index (χ0v) is 25.0. The van der Waals surface area contributed by atoms with Gasteiger partial charge in [-0.25, -0.2) is 14.2 Å². The molecule has 1 aromatic heterocycles. The number of likely N-dealkylation sites (tertiary alicyclic amines) is 2. The van der Waals surface area contributed by atoms with E-state index in [1.807, 2.05) is 6.92 Å². The Morgan fingerprint density at radius 1 is 1.27 bits per heavy atom. The number of carbonyl (C=O) groups is 4. The smallest absolute Gasteiger partial charge is 0.407 e. The maximum atomic E-state index is 15.3. The van der Waals surface area contributed by atoms with E-state index in [0.717, 1.165) is 0 Å². The summed E-state index contributed by atoms with van der Waals surface area (Å²) in [5.74, 6) is -1.79. The topological polar surface area (TPSA) is 163 Å². The van der Waals surface area contributed by atoms with Crippen molar-refractivity contribution in [3.05, 3.63) is 18.3 Å². The highest BCUT2D eigenvalue weighted by Crippen LogP contribution is 2.62. The molecule has 8 aliphatic rings. The highest BCUT2D eigenvalue weighted by atomic mass is 19.1. The van der Waals surface area contributed by atoms with Crippen LogP contribution in [0.25, 0.3) is 0 Å². The number of hydrogen-bond donors (Lipinski definition) is 2. The molecule has 4 saturated heterocycles. The minimum absolute atomic E-state index is 0.0308. The fraction of sp³-hybridized carbons (Fsp3) is 0.677. The van der Waals surface area contributed by atoms with Crippen molar-refractivity contribution in [2.45, 2.75) is 74.5 Å². The molecule has 238 valence electrons. The van der Waals surface area contributed by atoms with Crippen molar-refractivity contribution >= 4 is 29.6 Å². The third-order valence-corrected chi connectivity index (χ3v) is 11.8. The van der Waals surface area contributed by atoms with Crippen LogP contribution in [0, 0.1) is 40.4 Å². The lowest BCUT2D eigenvalue weighted by atomic mass is 9.59. The zero-order chi connectivity index (χ0) is 31.5. The quantitative estimate of drug-likeness (QED) is 0.505. The maximum Gasteiger partial charge on any atom is 0.407 e. The van der Waals surface area contributed by atoms with E-state index < -0.39 is 71.0 Å². The first-order valence-corrected chi connectivity index (χ1v) is 15.6. The number of halogens is 1. The molecule has 1 spiro atoms. The number of fused-ring (bicyclic) bond motifs is 7. The number of carbonyl (C=O) groups excluding carboxylic acids is 4. The monoisotopic (exact) mass is 622 g/mol. The van der Waals surface area contributed by atoms with Crippen LogP contribution < -0.4 is 15.4 Å². The molecule has 0 radical (unpaired) electrons. The van der Waals surface area contributed by atoms with E-state index in [2.05, 4.69) is 21.7 Å². The van der Waals surface area contributed by atoms with Gasteiger partial charge < -0.3 is 34.6 Å². The lowest BCUT2D eigenvalue weighted by Gasteiger charge is -2.47. The van der Waals surface area contributed by atoms with Gasteiger partial charge in [-0.2, -0.15) is 5.26 Å². The summed E-state index contributed by atoms with van der Waals surface area (Å²) in [4.78, 5) is 62.2. The van der Waals surface area contributed by atoms with Crippen LogP contribution in [0.15, 0.2) is 18.3 Å². The Morgan fingerprint density at radius 2 is 2.07 bits per heavy atom. The molecule has 3 saturated carbocycles. The van der Waals surface area contributed by atoms with Gasteiger partial charge >= 0.3 is 6.09 Å². The Labute approximate surface area is 258 Å². The number of ether oxygens (including phenoxy) is 3. The van der Waals surface area contributed by atoms with Crippen molar-refractivity contribution in [1.29, 1.82) is 5.26 Å². The Balaban J connectivity index is 1.14. The predicted octanol–water partition coefficient (Wildman–Crippen LogP) is 1.39. The van der Waals surface area contributed by atoms with Gasteiger partial charge in [0.1, 0.15) is 24.3 Å². The fourth-order valence-corrected chi connectivity index (χ4v) is 9.99. The number of anilines is 1. The van der Waals surface area contributed by atoms with Crippen LogP contribution in [0.1, 0.15) is 39.0 Å². The Hall–Kier alpha value is -3.99. The summed E-state index contributed by atoms with van der Waals surface area (Å²) < 4.78 is 32.3. The fourth-order valence-electron chi connectivity index (χ4n) is 9.99. The zero-order valence-electron chi connectivity index (χ0n) is 25.0. The molecule has 5 aliphatic heterocycles. The van der Waals surface area contributed by atoms with Crippen molar-refractivity contribution in [2.24, 2.45) is 29.1 Å². The standard InChI is InChI=1S/C31H35FN6O7/c1-29-11-30(12-29,14-44-29)23(35-28(42)43-2)26(40)37-10-18-15-6-17(19(32)7-15)21(18)22(37)25(39)38-13-31(8-16(38)9-33)27(41)36-24-20(45-31)4-3-5-34-24/h3-5,15-19,21-23H,6-8,10-14H2,1-2H3,(H,35,42)(H,34,36,41). The van der Waals surface area contributed by atoms with Crippen LogP contribution in [0.4, 0.5) is 15.0 Å². The van der Waals surface area contributed by atoms with E-state index in [0.29, 0.717) is 31.4 Å². The molecule has 0 aromatic carbocycles. The highest BCUT2D eigenvalue weighted by molar-refractivity contribution is 6.01. The summed E-state index contributed by atoms with van der Waals surface area (Å²) in [6, 6.07) is 2.38. The second-order valence-electron chi connectivity index (χ2n) is 14.3. The molecule has 1 aromatic rings. The number of methoxy groups -OCH3 is 1. The molecule has 3 aliphatic carbocycles. The normalized spacial score (nSPS) is 42.3. The van der Waals surface area contributed by atoms with E-state index in [9.17, 15) is 24.4 Å². The van der Waals surface area contributed by atoms with E-state index in [-0.39, 0.29) is 49.4 Å². The van der Waals surface area contributed by atoms with Gasteiger partial charge in [0.2, 0.25) is 17.4 Å². The average molecular weight is 623 g/mol. The number of alkyl halides is 1. The Morgan fingerprint density at radius 3 is 2.78 bits per heavy atom. The van der Waals surface area contributed by atoms with E-state index in [1.54, 1.807) is 12.1 Å². The summed E-state index contributed by atoms with van der Waals surface area (Å²) in [5.41, 5.74) is -2.57. The number of pyridine rings is 1. The first kappa shape index (κ1) is 28.5. The molecule has 45 heavy (non-hydrogen) atoms. The molecule has 4 bridgehead atoms. The number of rotatable bonds is 4. The van der Waals surface area contributed by atoms with E-state index in [4.69, 9.17) is 14.2 Å². The van der Waals surface area contributed by atoms with Crippen molar-refractivity contribution in [1.82, 2.24) is 20.1 Å². The first-order chi connectivity index (χ1) is 21.5. The molecule has 9 atom stereocenters. The summed E-state index contributed by atoms with van der Waals surface area (Å²) in [6.45, 7) is 2.27. The van der Waals surface area contributed by atoms with Gasteiger partial charge in [-0.15, -0.1) is 0 Å². The van der Waals surface area contributed by atoms with Gasteiger partial charge in [0.05, 0.1) is 31.9 Å². The molecule has 9 rings (SSSR count). The van der Waals surface area contributed by atoms with Crippen LogP contribution in [0.2, 0.25) is 0 Å². The van der Waals surface area contributed by atoms with Gasteiger partial charge in [0.25, 0.3) is 5.91 Å². The molecule has 6 heterocycles. The number of hydrogen-bond acceptors (Lipinski definition) is 9. The number of alkyl carbamates (subject to hydrolysis) is 1. The molecule has 14 heteroatoms. The molecule has 4 amide bonds. The highest BCUT2D eigenvalue weighted by Gasteiger charge is 2.69. The van der Waals surface area contributed by atoms with Crippen LogP contribution in [0.5, 0.6) is 5.75 Å². The lowest BCUT2D eigenvalue weighted by molar-refractivity contribution is -0.150. The van der Waals surface area contributed by atoms with Crippen LogP contribution >= 0.6 is 0 Å². The van der Waals surface area contributed by atoms with Crippen LogP contribution in [-0.4, -0.2) is 101 Å². The SMILES string of the molecule is COC(=O)NC(C(=O)N1CC2C3CC(F)C(C3)C2C1C(=O)N1CC2(CC1C#N)Oc1cccnc1NC2=O)C12COC(C)(C1)C2. The van der Waals surface area contributed by atoms with E-state index >= 15 is 4.39 Å². The average Bonchev–Trinajstić information content (AvgIpc) is 3.84. The van der Waals surface area contributed by atoms with Gasteiger partial charge in [-0.05, 0) is 68.4 Å². The second kappa shape index (κ2) is 9.51. The summed E-state index contributed by atoms with van der Waals surface area (Å²) >= 11 is 0. The summed E-state index contributed by atoms with van der Waals surface area (Å²) in [6.07, 6.45) is 1.74. The summed E-state index contributed by atoms with van der Waals surface area (Å²) in [7, 11) is 1.22. The van der Waals surface area contributed by atoms with Gasteiger partial charge in [-0.3, -0.25) is 14.4 Å². The van der Waals surface area contributed by atoms with Crippen molar-refractivity contribution < 1.29 is 37.8 Å². The number of nitriles is 1. The number of amides is 4. The molecule has 7 fully saturated rings. The molecular weight excluding hydrogens is 587 g/mol. The van der Waals surface area contributed by atoms with Gasteiger partial charge in [0.15, 0.2) is 11.6 Å².